The molecule has 4 aliphatic carbocycles. The van der Waals surface area contributed by atoms with Gasteiger partial charge < -0.3 is 77.0 Å². The lowest BCUT2D eigenvalue weighted by molar-refractivity contribution is -0.0221. The molecule has 8 saturated heterocycles. The number of piperazine rings is 1. The molecule has 576 valence electrons. The first kappa shape index (κ1) is 113. The summed E-state index contributed by atoms with van der Waals surface area (Å²) in [5.41, 5.74) is 0. The Balaban J connectivity index is -0.0000000995. The Bertz CT molecular complexity index is 1040. The molecule has 0 aromatic heterocycles. The van der Waals surface area contributed by atoms with Crippen LogP contribution in [0, 0.1) is 5.92 Å². The van der Waals surface area contributed by atoms with Crippen LogP contribution in [0.3, 0.4) is 0 Å². The second-order valence-corrected chi connectivity index (χ2v) is 21.2. The Morgan fingerprint density at radius 1 is 0.394 bits per heavy atom. The third kappa shape index (κ3) is 117. The molecule has 11 fully saturated rings. The van der Waals surface area contributed by atoms with E-state index >= 15 is 0 Å². The number of hydrogen-bond acceptors (Lipinski definition) is 16. The van der Waals surface area contributed by atoms with Gasteiger partial charge in [0.2, 0.25) is 0 Å². The number of piperidine rings is 1. The third-order valence-corrected chi connectivity index (χ3v) is 13.6. The van der Waals surface area contributed by atoms with E-state index in [1.54, 1.807) is 11.9 Å². The quantitative estimate of drug-likeness (QED) is 0.103. The van der Waals surface area contributed by atoms with Gasteiger partial charge in [-0.1, -0.05) is 260 Å². The number of ether oxygens (including phenoxy) is 4. The van der Waals surface area contributed by atoms with Gasteiger partial charge in [-0.25, -0.2) is 9.59 Å². The van der Waals surface area contributed by atoms with E-state index < -0.39 is 0 Å². The van der Waals surface area contributed by atoms with Crippen LogP contribution in [0.1, 0.15) is 294 Å². The fraction of sp³-hybridized carbons (Fsp3) is 0.921. The molecule has 9 aliphatic heterocycles. The van der Waals surface area contributed by atoms with Crippen LogP contribution in [0.5, 0.6) is 0 Å². The number of thioether (sulfide) groups is 1. The number of morpholine rings is 1. The van der Waals surface area contributed by atoms with Crippen LogP contribution in [0.2, 0.25) is 0 Å². The van der Waals surface area contributed by atoms with Crippen LogP contribution < -0.4 is 53.2 Å². The lowest BCUT2D eigenvalue weighted by atomic mass is 10.1. The number of rotatable bonds is 0. The maximum absolute atomic E-state index is 10.3. The van der Waals surface area contributed by atoms with Crippen molar-refractivity contribution in [1.29, 1.82) is 0 Å². The van der Waals surface area contributed by atoms with Crippen molar-refractivity contribution in [3.05, 3.63) is 24.6 Å². The van der Waals surface area contributed by atoms with Crippen molar-refractivity contribution in [2.75, 3.05) is 157 Å². The van der Waals surface area contributed by atoms with Crippen molar-refractivity contribution in [2.45, 2.75) is 300 Å². The zero-order valence-electron chi connectivity index (χ0n) is 67.6. The third-order valence-electron chi connectivity index (χ3n) is 12.6. The average molecular weight is 1370 g/mol. The highest BCUT2D eigenvalue weighted by atomic mass is 32.2. The van der Waals surface area contributed by atoms with E-state index in [-0.39, 0.29) is 18.3 Å². The van der Waals surface area contributed by atoms with Crippen molar-refractivity contribution < 1.29 is 28.5 Å². The molecule has 17 nitrogen and oxygen atoms in total. The molecule has 1 unspecified atom stereocenters. The minimum atomic E-state index is -0.299. The van der Waals surface area contributed by atoms with E-state index in [2.05, 4.69) is 81.7 Å². The number of alkyl carbamates (subject to hydrolysis) is 1. The van der Waals surface area contributed by atoms with Gasteiger partial charge in [-0.2, -0.15) is 11.8 Å². The number of amides is 2. The number of allylic oxidation sites excluding steroid dienone is 2. The van der Waals surface area contributed by atoms with E-state index in [1.165, 1.54) is 179 Å². The fourth-order valence-corrected chi connectivity index (χ4v) is 8.68. The summed E-state index contributed by atoms with van der Waals surface area (Å²) in [6, 6.07) is 0. The zero-order valence-corrected chi connectivity index (χ0v) is 68.4. The van der Waals surface area contributed by atoms with Gasteiger partial charge in [0.15, 0.2) is 0 Å². The topological polar surface area (TPSA) is 195 Å². The molecule has 13 aliphatic rings. The molecule has 3 saturated carbocycles. The maximum atomic E-state index is 10.3. The molecule has 0 bridgehead atoms. The number of likely N-dealkylation sites (N-methyl/N-ethyl adjacent to an activating group) is 1. The predicted octanol–water partition coefficient (Wildman–Crippen LogP) is 17.7. The van der Waals surface area contributed by atoms with E-state index in [9.17, 15) is 9.59 Å². The van der Waals surface area contributed by atoms with E-state index in [0.29, 0.717) is 13.2 Å². The smallest absolute Gasteiger partial charge is 0.409 e. The summed E-state index contributed by atoms with van der Waals surface area (Å²) >= 11 is 2.03. The van der Waals surface area contributed by atoms with Crippen molar-refractivity contribution in [3.63, 3.8) is 0 Å². The molecule has 13 rings (SSSR count). The van der Waals surface area contributed by atoms with Gasteiger partial charge in [0.1, 0.15) is 12.7 Å². The van der Waals surface area contributed by atoms with Gasteiger partial charge >= 0.3 is 12.2 Å². The molecule has 9 heterocycles. The molecule has 1 atom stereocenters. The minimum Gasteiger partial charge on any atom is -0.448 e. The van der Waals surface area contributed by atoms with Crippen LogP contribution in [0.25, 0.3) is 0 Å². The van der Waals surface area contributed by atoms with E-state index in [1.807, 2.05) is 170 Å². The van der Waals surface area contributed by atoms with Gasteiger partial charge in [-0.15, -0.1) is 0 Å². The van der Waals surface area contributed by atoms with E-state index in [0.717, 1.165) is 105 Å². The van der Waals surface area contributed by atoms with Crippen LogP contribution in [-0.4, -0.2) is 180 Å². The number of hydrogen-bond donors (Lipinski definition) is 10. The summed E-state index contributed by atoms with van der Waals surface area (Å²) < 4.78 is 19.0. The Labute approximate surface area is 594 Å². The average Bonchev–Trinajstić information content (AvgIpc) is 4.72. The van der Waals surface area contributed by atoms with Crippen LogP contribution in [0.15, 0.2) is 24.6 Å². The van der Waals surface area contributed by atoms with Crippen molar-refractivity contribution >= 4 is 23.9 Å². The number of nitrogens with zero attached hydrogens (tertiary/aromatic N) is 1. The zero-order chi connectivity index (χ0) is 73.1. The monoisotopic (exact) mass is 1370 g/mol. The first-order valence-electron chi connectivity index (χ1n) is 39.8. The van der Waals surface area contributed by atoms with Crippen molar-refractivity contribution in [2.24, 2.45) is 5.92 Å². The Kier molecular flexibility index (Phi) is 149. The summed E-state index contributed by atoms with van der Waals surface area (Å²) in [5.74, 6) is 3.45. The van der Waals surface area contributed by atoms with E-state index in [4.69, 9.17) is 9.47 Å². The standard InChI is InChI=1S/C6H10.C5H11N.3C5H10.C4H10N2.2C4H7NO2.C4H9NO.C4H9NS.C4H8O.C3H8N2.C3H6N2.10C2H6/c2*1-2-4-6-5-3-1;3*1-2-4-5-3-1;1-2-6-4-3-5-1;1-5-2-3-7-4(5)6;1-3-2-5-4(6)7-3;2*1-3-6-4-2-5-1;1-4-2-5-3-4;2*1-2-5-3-4-1;10*1-2/h1-2H,3-6H2;6H,1-5H2;3*1-5H2;5-6H,1-4H2;2-3H2,1H3;3H,2H2,1H3,(H,5,6);2*5H,1-4H2;4H,2-3H2,1H3;4-5H,1-3H2;1-2,4-5H,3H2;10*1-2H3. The number of cyclic esters (lactones) is 2. The molecule has 0 aromatic rings. The molecule has 2 amide bonds. The number of carbonyl (C=O) groups excluding carboxylic acids is 2. The Hall–Kier alpha value is -2.39. The van der Waals surface area contributed by atoms with Gasteiger partial charge in [-0.3, -0.25) is 0 Å². The summed E-state index contributed by atoms with van der Waals surface area (Å²) in [4.78, 5) is 21.9. The highest BCUT2D eigenvalue weighted by Crippen LogP contribution is 2.16. The summed E-state index contributed by atoms with van der Waals surface area (Å²) in [5, 5.41) is 30.7. The number of nitrogens with one attached hydrogen (secondary N) is 10. The highest BCUT2D eigenvalue weighted by Gasteiger charge is 2.17. The van der Waals surface area contributed by atoms with Gasteiger partial charge in [0, 0.05) is 109 Å². The predicted molar refractivity (Wildman–Crippen MR) is 426 cm³/mol. The molecular formula is C76H175N11O6S. The minimum absolute atomic E-state index is 0.0625. The van der Waals surface area contributed by atoms with Gasteiger partial charge in [-0.05, 0) is 58.5 Å². The van der Waals surface area contributed by atoms with Crippen molar-refractivity contribution in [1.82, 2.24) is 58.1 Å². The first-order chi connectivity index (χ1) is 46.5. The van der Waals surface area contributed by atoms with Gasteiger partial charge in [0.05, 0.1) is 46.2 Å². The Morgan fingerprint density at radius 3 is 0.830 bits per heavy atom. The summed E-state index contributed by atoms with van der Waals surface area (Å²) in [6.07, 6.45) is 40.0. The molecule has 0 spiro atoms. The second kappa shape index (κ2) is 124. The van der Waals surface area contributed by atoms with Crippen molar-refractivity contribution in [3.8, 4) is 0 Å². The number of carbonyl (C=O) groups is 2. The molecule has 0 radical (unpaired) electrons. The maximum Gasteiger partial charge on any atom is 0.409 e. The fourth-order valence-electron chi connectivity index (χ4n) is 7.90. The largest absolute Gasteiger partial charge is 0.448 e. The SMILES string of the molecule is C1=CCCCC1.C1=CNCN1.C1CCCC1.C1CCCC1.C1CCCC1.C1CCNCC1.C1CNCCN1.C1CNCN1.C1COCCN1.C1CSCCN1.CC.CC.CC.CC.CC.CC.CC.CC.CC.CC.CC1CNC(=O)O1.CC1COC1.CN1CCOC1=O. The molecule has 94 heavy (non-hydrogen) atoms. The lowest BCUT2D eigenvalue weighted by Gasteiger charge is -2.20. The lowest BCUT2D eigenvalue weighted by Crippen LogP contribution is -2.39. The summed E-state index contributed by atoms with van der Waals surface area (Å²) in [7, 11) is 1.72. The van der Waals surface area contributed by atoms with Crippen LogP contribution in [0.4, 0.5) is 9.59 Å². The molecule has 18 heteroatoms. The van der Waals surface area contributed by atoms with Crippen LogP contribution >= 0.6 is 11.8 Å². The Morgan fingerprint density at radius 2 is 0.723 bits per heavy atom. The molecule has 0 aromatic carbocycles. The first-order valence-corrected chi connectivity index (χ1v) is 40.9. The molecule has 10 N–H and O–H groups in total. The highest BCUT2D eigenvalue weighted by molar-refractivity contribution is 7.99. The normalized spacial score (nSPS) is 19.2. The molecular weight excluding hydrogens is 1190 g/mol. The van der Waals surface area contributed by atoms with Gasteiger partial charge in [0.25, 0.3) is 0 Å². The summed E-state index contributed by atoms with van der Waals surface area (Å²) in [6.45, 7) is 65.4. The van der Waals surface area contributed by atoms with Crippen LogP contribution in [-0.2, 0) is 18.9 Å². The second-order valence-electron chi connectivity index (χ2n) is 20.0.